The normalized spacial score (nSPS) is 12.7. The average molecular weight is 623 g/mol. The summed E-state index contributed by atoms with van der Waals surface area (Å²) in [5, 5.41) is 8.52. The minimum atomic E-state index is -6.60. The SMILES string of the molecule is CCCCCCCCCCCCCCc1cn(-c2ccccc2)nn1.O=S(=O)(NS(=O)(=O)C(F)(F)F)C(F)(F)F. The zero-order valence-corrected chi connectivity index (χ0v) is 23.8. The van der Waals surface area contributed by atoms with Crippen LogP contribution in [0.25, 0.3) is 5.69 Å². The van der Waals surface area contributed by atoms with E-state index in [1.807, 2.05) is 22.9 Å². The Bertz CT molecular complexity index is 1140. The summed E-state index contributed by atoms with van der Waals surface area (Å²) in [6.07, 6.45) is 19.8. The smallest absolute Gasteiger partial charge is 0.220 e. The number of nitrogens with zero attached hydrogens (tertiary/aromatic N) is 3. The Labute approximate surface area is 231 Å². The Hall–Kier alpha value is -2.20. The van der Waals surface area contributed by atoms with Gasteiger partial charge in [-0.2, -0.15) is 26.3 Å². The molecule has 0 fully saturated rings. The van der Waals surface area contributed by atoms with E-state index in [4.69, 9.17) is 0 Å². The summed E-state index contributed by atoms with van der Waals surface area (Å²) in [7, 11) is -13.2. The van der Waals surface area contributed by atoms with Crippen molar-refractivity contribution in [1.82, 2.24) is 19.1 Å². The Kier molecular flexibility index (Phi) is 15.2. The van der Waals surface area contributed by atoms with Gasteiger partial charge in [0.15, 0.2) is 0 Å². The summed E-state index contributed by atoms with van der Waals surface area (Å²) in [6, 6.07) is 10.2. The molecule has 0 saturated carbocycles. The van der Waals surface area contributed by atoms with Crippen LogP contribution in [0.1, 0.15) is 89.7 Å². The number of benzene rings is 1. The van der Waals surface area contributed by atoms with Gasteiger partial charge in [0.05, 0.1) is 17.6 Å². The number of sulfonamides is 2. The molecule has 8 nitrogen and oxygen atoms in total. The van der Waals surface area contributed by atoms with E-state index in [2.05, 4.69) is 35.6 Å². The molecule has 0 aliphatic carbocycles. The first kappa shape index (κ1) is 35.8. The monoisotopic (exact) mass is 622 g/mol. The lowest BCUT2D eigenvalue weighted by Gasteiger charge is -2.11. The quantitative estimate of drug-likeness (QED) is 0.163. The standard InChI is InChI=1S/C22H35N3.C2HF6NO4S2/c1-2-3-4-5-6-7-8-9-10-11-12-14-17-21-20-25(24-23-21)22-18-15-13-16-19-22;3-1(4,5)14(10,11)9-15(12,13)2(6,7)8/h13,15-16,18-20H,2-12,14,17H2,1H3;9H. The zero-order valence-electron chi connectivity index (χ0n) is 22.2. The summed E-state index contributed by atoms with van der Waals surface area (Å²) in [6.45, 7) is 2.28. The predicted molar refractivity (Wildman–Crippen MR) is 139 cm³/mol. The number of rotatable bonds is 16. The highest BCUT2D eigenvalue weighted by Crippen LogP contribution is 2.27. The number of hydrogen-bond acceptors (Lipinski definition) is 6. The van der Waals surface area contributed by atoms with E-state index in [0.717, 1.165) is 17.8 Å². The Morgan fingerprint density at radius 1 is 0.700 bits per heavy atom. The van der Waals surface area contributed by atoms with Crippen molar-refractivity contribution in [3.8, 4) is 5.69 Å². The maximum Gasteiger partial charge on any atom is 0.512 e. The topological polar surface area (TPSA) is 111 Å². The fraction of sp³-hybridized carbons (Fsp3) is 0.667. The third-order valence-corrected chi connectivity index (χ3v) is 8.65. The number of nitrogens with one attached hydrogen (secondary N) is 1. The highest BCUT2D eigenvalue weighted by atomic mass is 32.3. The second-order valence-corrected chi connectivity index (χ2v) is 12.7. The van der Waals surface area contributed by atoms with Gasteiger partial charge < -0.3 is 0 Å². The van der Waals surface area contributed by atoms with Gasteiger partial charge in [-0.05, 0) is 25.0 Å². The van der Waals surface area contributed by atoms with Gasteiger partial charge in [-0.3, -0.25) is 0 Å². The molecule has 1 N–H and O–H groups in total. The van der Waals surface area contributed by atoms with Crippen LogP contribution in [0.3, 0.4) is 0 Å². The van der Waals surface area contributed by atoms with E-state index in [9.17, 15) is 43.2 Å². The molecule has 0 spiro atoms. The van der Waals surface area contributed by atoms with Crippen LogP contribution in [0.5, 0.6) is 0 Å². The maximum atomic E-state index is 11.5. The fourth-order valence-corrected chi connectivity index (χ4v) is 5.42. The molecule has 0 saturated heterocycles. The molecule has 0 amide bonds. The zero-order chi connectivity index (χ0) is 30.3. The summed E-state index contributed by atoms with van der Waals surface area (Å²) in [5.74, 6) is 0. The van der Waals surface area contributed by atoms with Crippen molar-refractivity contribution < 1.29 is 43.2 Å². The van der Waals surface area contributed by atoms with E-state index in [-0.39, 0.29) is 0 Å². The van der Waals surface area contributed by atoms with Gasteiger partial charge in [0.1, 0.15) is 0 Å². The summed E-state index contributed by atoms with van der Waals surface area (Å²) >= 11 is 0. The number of hydrogen-bond donors (Lipinski definition) is 1. The molecular formula is C24H36F6N4O4S2. The van der Waals surface area contributed by atoms with Crippen molar-refractivity contribution in [2.24, 2.45) is 0 Å². The number of halogens is 6. The van der Waals surface area contributed by atoms with E-state index in [0.29, 0.717) is 0 Å². The Morgan fingerprint density at radius 2 is 1.12 bits per heavy atom. The Morgan fingerprint density at radius 3 is 1.55 bits per heavy atom. The third-order valence-electron chi connectivity index (χ3n) is 5.68. The van der Waals surface area contributed by atoms with E-state index in [1.54, 1.807) is 0 Å². The lowest BCUT2D eigenvalue weighted by atomic mass is 10.0. The molecule has 0 radical (unpaired) electrons. The number of alkyl halides is 6. The molecule has 40 heavy (non-hydrogen) atoms. The molecule has 2 rings (SSSR count). The lowest BCUT2D eigenvalue weighted by molar-refractivity contribution is -0.0476. The first-order valence-corrected chi connectivity index (χ1v) is 15.9. The van der Waals surface area contributed by atoms with Gasteiger partial charge in [-0.15, -0.1) is 5.10 Å². The van der Waals surface area contributed by atoms with Gasteiger partial charge in [-0.25, -0.2) is 21.5 Å². The van der Waals surface area contributed by atoms with Crippen LogP contribution in [0, 0.1) is 0 Å². The second kappa shape index (κ2) is 16.9. The lowest BCUT2D eigenvalue weighted by Crippen LogP contribution is -2.45. The van der Waals surface area contributed by atoms with Crippen LogP contribution in [0.4, 0.5) is 26.3 Å². The van der Waals surface area contributed by atoms with Gasteiger partial charge in [0, 0.05) is 0 Å². The number of aryl methyl sites for hydroxylation is 1. The van der Waals surface area contributed by atoms with Crippen LogP contribution in [-0.4, -0.2) is 42.8 Å². The molecule has 0 aliphatic rings. The van der Waals surface area contributed by atoms with Crippen LogP contribution in [-0.2, 0) is 26.5 Å². The van der Waals surface area contributed by atoms with Crippen molar-refractivity contribution in [2.45, 2.75) is 101 Å². The van der Waals surface area contributed by atoms with Crippen molar-refractivity contribution in [2.75, 3.05) is 0 Å². The first-order chi connectivity index (χ1) is 18.6. The van der Waals surface area contributed by atoms with Crippen LogP contribution >= 0.6 is 0 Å². The minimum Gasteiger partial charge on any atom is -0.220 e. The molecule has 0 unspecified atom stereocenters. The van der Waals surface area contributed by atoms with Gasteiger partial charge in [0.25, 0.3) is 0 Å². The summed E-state index contributed by atoms with van der Waals surface area (Å²) < 4.78 is 110. The Balaban J connectivity index is 0.000000459. The van der Waals surface area contributed by atoms with Crippen molar-refractivity contribution in [1.29, 1.82) is 0 Å². The maximum absolute atomic E-state index is 11.5. The molecule has 1 heterocycles. The molecule has 1 aromatic carbocycles. The third kappa shape index (κ3) is 13.4. The predicted octanol–water partition coefficient (Wildman–Crippen LogP) is 6.79. The highest BCUT2D eigenvalue weighted by Gasteiger charge is 2.55. The van der Waals surface area contributed by atoms with E-state index in [1.165, 1.54) is 77.0 Å². The fourth-order valence-electron chi connectivity index (χ4n) is 3.51. The van der Waals surface area contributed by atoms with Gasteiger partial charge in [-0.1, -0.05) is 105 Å². The number of unbranched alkanes of at least 4 members (excludes halogenated alkanes) is 11. The van der Waals surface area contributed by atoms with Crippen molar-refractivity contribution in [3.05, 3.63) is 42.2 Å². The van der Waals surface area contributed by atoms with Crippen LogP contribution in [0.2, 0.25) is 0 Å². The van der Waals surface area contributed by atoms with Gasteiger partial charge >= 0.3 is 31.1 Å². The molecular weight excluding hydrogens is 586 g/mol. The van der Waals surface area contributed by atoms with E-state index >= 15 is 0 Å². The van der Waals surface area contributed by atoms with Crippen LogP contribution in [0.15, 0.2) is 36.5 Å². The highest BCUT2D eigenvalue weighted by molar-refractivity contribution is 8.05. The molecule has 230 valence electrons. The van der Waals surface area contributed by atoms with Gasteiger partial charge in [0.2, 0.25) is 0 Å². The number of para-hydroxylation sites is 1. The molecule has 16 heteroatoms. The molecule has 2 aromatic rings. The molecule has 0 aliphatic heterocycles. The van der Waals surface area contributed by atoms with Crippen LogP contribution < -0.4 is 4.13 Å². The average Bonchev–Trinajstić information content (AvgIpc) is 3.33. The van der Waals surface area contributed by atoms with Crippen molar-refractivity contribution >= 4 is 20.0 Å². The summed E-state index contributed by atoms with van der Waals surface area (Å²) in [4.78, 5) is 0. The minimum absolute atomic E-state index is 0.493. The first-order valence-electron chi connectivity index (χ1n) is 13.0. The largest absolute Gasteiger partial charge is 0.512 e. The number of aromatic nitrogens is 3. The summed E-state index contributed by atoms with van der Waals surface area (Å²) in [5.41, 5.74) is -10.1. The van der Waals surface area contributed by atoms with E-state index < -0.39 is 35.2 Å². The molecule has 0 bridgehead atoms. The molecule has 1 aromatic heterocycles. The molecule has 0 atom stereocenters. The second-order valence-electron chi connectivity index (χ2n) is 9.11. The van der Waals surface area contributed by atoms with Crippen molar-refractivity contribution in [3.63, 3.8) is 0 Å².